The lowest BCUT2D eigenvalue weighted by molar-refractivity contribution is 0.0983. The largest absolute Gasteiger partial charge is 0.294 e. The molecule has 0 saturated carbocycles. The van der Waals surface area contributed by atoms with Gasteiger partial charge >= 0.3 is 0 Å². The Morgan fingerprint density at radius 1 is 1.44 bits per heavy atom. The first kappa shape index (κ1) is 12.8. The van der Waals surface area contributed by atoms with Crippen LogP contribution in [-0.4, -0.2) is 15.6 Å². The van der Waals surface area contributed by atoms with Crippen LogP contribution >= 0.6 is 11.6 Å². The van der Waals surface area contributed by atoms with Crippen LogP contribution in [-0.2, 0) is 13.5 Å². The smallest absolute Gasteiger partial charge is 0.164 e. The summed E-state index contributed by atoms with van der Waals surface area (Å²) in [6.07, 6.45) is 4.85. The summed E-state index contributed by atoms with van der Waals surface area (Å²) in [7, 11) is 1.86. The standard InChI is InChI=1S/C14H15ClN2O/c1-10-3-5-12(13(15)7-10)14(18)6-4-11-8-16-17(2)9-11/h3,5,7-9H,4,6H2,1-2H3. The van der Waals surface area contributed by atoms with Crippen molar-refractivity contribution in [3.63, 3.8) is 0 Å². The number of Topliss-reactive ketones (excluding diaryl/α,β-unsaturated/α-hetero) is 1. The molecule has 0 unspecified atom stereocenters. The topological polar surface area (TPSA) is 34.9 Å². The summed E-state index contributed by atoms with van der Waals surface area (Å²) in [6.45, 7) is 1.95. The van der Waals surface area contributed by atoms with Crippen molar-refractivity contribution >= 4 is 17.4 Å². The number of aryl methyl sites for hydroxylation is 3. The van der Waals surface area contributed by atoms with Crippen molar-refractivity contribution < 1.29 is 4.79 Å². The van der Waals surface area contributed by atoms with Gasteiger partial charge in [-0.1, -0.05) is 17.7 Å². The Morgan fingerprint density at radius 3 is 2.83 bits per heavy atom. The molecular formula is C14H15ClN2O. The molecule has 0 bridgehead atoms. The molecule has 3 nitrogen and oxygen atoms in total. The van der Waals surface area contributed by atoms with Gasteiger partial charge in [-0.15, -0.1) is 0 Å². The first-order valence-corrected chi connectivity index (χ1v) is 6.21. The zero-order chi connectivity index (χ0) is 13.1. The minimum absolute atomic E-state index is 0.0730. The van der Waals surface area contributed by atoms with Crippen LogP contribution in [0.5, 0.6) is 0 Å². The van der Waals surface area contributed by atoms with Crippen molar-refractivity contribution in [2.75, 3.05) is 0 Å². The van der Waals surface area contributed by atoms with Gasteiger partial charge in [0.15, 0.2) is 5.78 Å². The molecule has 18 heavy (non-hydrogen) atoms. The first-order valence-electron chi connectivity index (χ1n) is 5.83. The monoisotopic (exact) mass is 262 g/mol. The molecule has 2 aromatic rings. The predicted molar refractivity (Wildman–Crippen MR) is 72.0 cm³/mol. The van der Waals surface area contributed by atoms with E-state index in [1.54, 1.807) is 16.9 Å². The second-order valence-electron chi connectivity index (χ2n) is 4.43. The number of hydrogen-bond donors (Lipinski definition) is 0. The number of halogens is 1. The van der Waals surface area contributed by atoms with E-state index >= 15 is 0 Å². The van der Waals surface area contributed by atoms with Gasteiger partial charge in [0, 0.05) is 25.2 Å². The van der Waals surface area contributed by atoms with Crippen LogP contribution < -0.4 is 0 Å². The van der Waals surface area contributed by atoms with Crippen molar-refractivity contribution in [3.8, 4) is 0 Å². The number of hydrogen-bond acceptors (Lipinski definition) is 2. The van der Waals surface area contributed by atoms with E-state index in [1.807, 2.05) is 32.3 Å². The van der Waals surface area contributed by atoms with Crippen LogP contribution in [0.1, 0.15) is 27.9 Å². The Morgan fingerprint density at radius 2 is 2.22 bits per heavy atom. The molecule has 0 fully saturated rings. The number of rotatable bonds is 4. The van der Waals surface area contributed by atoms with Crippen LogP contribution in [0.25, 0.3) is 0 Å². The van der Waals surface area contributed by atoms with E-state index in [0.717, 1.165) is 11.1 Å². The molecule has 1 heterocycles. The number of carbonyl (C=O) groups excluding carboxylic acids is 1. The van der Waals surface area contributed by atoms with Gasteiger partial charge in [0.1, 0.15) is 0 Å². The number of benzene rings is 1. The van der Waals surface area contributed by atoms with Gasteiger partial charge in [0.05, 0.1) is 11.2 Å². The lowest BCUT2D eigenvalue weighted by Crippen LogP contribution is -2.02. The molecule has 0 saturated heterocycles. The van der Waals surface area contributed by atoms with Crippen molar-refractivity contribution in [2.24, 2.45) is 7.05 Å². The molecular weight excluding hydrogens is 248 g/mol. The zero-order valence-corrected chi connectivity index (χ0v) is 11.2. The van der Waals surface area contributed by atoms with Gasteiger partial charge in [0.25, 0.3) is 0 Å². The normalized spacial score (nSPS) is 10.6. The third-order valence-corrected chi connectivity index (χ3v) is 3.14. The molecule has 94 valence electrons. The second kappa shape index (κ2) is 5.36. The lowest BCUT2D eigenvalue weighted by atomic mass is 10.0. The van der Waals surface area contributed by atoms with E-state index in [2.05, 4.69) is 5.10 Å². The maximum atomic E-state index is 12.0. The van der Waals surface area contributed by atoms with Crippen molar-refractivity contribution in [2.45, 2.75) is 19.8 Å². The van der Waals surface area contributed by atoms with Crippen LogP contribution in [0.3, 0.4) is 0 Å². The van der Waals surface area contributed by atoms with Crippen molar-refractivity contribution in [1.29, 1.82) is 0 Å². The lowest BCUT2D eigenvalue weighted by Gasteiger charge is -2.03. The molecule has 0 amide bonds. The quantitative estimate of drug-likeness (QED) is 0.793. The molecule has 0 atom stereocenters. The van der Waals surface area contributed by atoms with E-state index < -0.39 is 0 Å². The Hall–Kier alpha value is -1.61. The van der Waals surface area contributed by atoms with Gasteiger partial charge in [-0.05, 0) is 36.6 Å². The van der Waals surface area contributed by atoms with Gasteiger partial charge in [-0.25, -0.2) is 0 Å². The zero-order valence-electron chi connectivity index (χ0n) is 10.5. The third-order valence-electron chi connectivity index (χ3n) is 2.82. The molecule has 1 aromatic carbocycles. The van der Waals surface area contributed by atoms with Crippen LogP contribution in [0.15, 0.2) is 30.6 Å². The van der Waals surface area contributed by atoms with Crippen LogP contribution in [0.2, 0.25) is 5.02 Å². The van der Waals surface area contributed by atoms with E-state index in [0.29, 0.717) is 23.4 Å². The third kappa shape index (κ3) is 2.99. The molecule has 4 heteroatoms. The fourth-order valence-electron chi connectivity index (χ4n) is 1.84. The predicted octanol–water partition coefficient (Wildman–Crippen LogP) is 3.20. The summed E-state index contributed by atoms with van der Waals surface area (Å²) in [5.41, 5.74) is 2.73. The van der Waals surface area contributed by atoms with Crippen LogP contribution in [0.4, 0.5) is 0 Å². The summed E-state index contributed by atoms with van der Waals surface area (Å²) in [5.74, 6) is 0.0730. The molecule has 0 aliphatic heterocycles. The van der Waals surface area contributed by atoms with Crippen LogP contribution in [0, 0.1) is 6.92 Å². The molecule has 0 radical (unpaired) electrons. The Labute approximate surface area is 111 Å². The molecule has 0 aliphatic rings. The van der Waals surface area contributed by atoms with E-state index in [4.69, 9.17) is 11.6 Å². The highest BCUT2D eigenvalue weighted by molar-refractivity contribution is 6.34. The Bertz CT molecular complexity index is 575. The highest BCUT2D eigenvalue weighted by Crippen LogP contribution is 2.19. The maximum Gasteiger partial charge on any atom is 0.164 e. The first-order chi connectivity index (χ1) is 8.56. The number of aromatic nitrogens is 2. The van der Waals surface area contributed by atoms with Gasteiger partial charge in [-0.2, -0.15) is 5.10 Å². The summed E-state index contributed by atoms with van der Waals surface area (Å²) in [6, 6.07) is 5.52. The second-order valence-corrected chi connectivity index (χ2v) is 4.84. The minimum atomic E-state index is 0.0730. The number of carbonyl (C=O) groups is 1. The average Bonchev–Trinajstić information content (AvgIpc) is 2.72. The molecule has 1 aromatic heterocycles. The highest BCUT2D eigenvalue weighted by atomic mass is 35.5. The van der Waals surface area contributed by atoms with E-state index in [9.17, 15) is 4.79 Å². The number of ketones is 1. The summed E-state index contributed by atoms with van der Waals surface area (Å²) < 4.78 is 1.73. The Kier molecular flexibility index (Phi) is 3.82. The highest BCUT2D eigenvalue weighted by Gasteiger charge is 2.10. The maximum absolute atomic E-state index is 12.0. The van der Waals surface area contributed by atoms with Gasteiger partial charge < -0.3 is 0 Å². The molecule has 0 N–H and O–H groups in total. The van der Waals surface area contributed by atoms with Gasteiger partial charge in [-0.3, -0.25) is 9.48 Å². The fraction of sp³-hybridized carbons (Fsp3) is 0.286. The fourth-order valence-corrected chi connectivity index (χ4v) is 2.18. The Balaban J connectivity index is 2.03. The van der Waals surface area contributed by atoms with E-state index in [1.165, 1.54) is 0 Å². The average molecular weight is 263 g/mol. The minimum Gasteiger partial charge on any atom is -0.294 e. The van der Waals surface area contributed by atoms with Gasteiger partial charge in [0.2, 0.25) is 0 Å². The number of nitrogens with zero attached hydrogens (tertiary/aromatic N) is 2. The van der Waals surface area contributed by atoms with Crippen molar-refractivity contribution in [1.82, 2.24) is 9.78 Å². The van der Waals surface area contributed by atoms with E-state index in [-0.39, 0.29) is 5.78 Å². The van der Waals surface area contributed by atoms with Crippen molar-refractivity contribution in [3.05, 3.63) is 52.3 Å². The summed E-state index contributed by atoms with van der Waals surface area (Å²) in [4.78, 5) is 12.0. The molecule has 0 spiro atoms. The molecule has 2 rings (SSSR count). The molecule has 0 aliphatic carbocycles. The summed E-state index contributed by atoms with van der Waals surface area (Å²) >= 11 is 6.07. The SMILES string of the molecule is Cc1ccc(C(=O)CCc2cnn(C)c2)c(Cl)c1. The summed E-state index contributed by atoms with van der Waals surface area (Å²) in [5, 5.41) is 4.61.